The summed E-state index contributed by atoms with van der Waals surface area (Å²) in [4.78, 5) is 19.6. The number of benzene rings is 2. The predicted molar refractivity (Wildman–Crippen MR) is 137 cm³/mol. The van der Waals surface area contributed by atoms with Gasteiger partial charge in [-0.25, -0.2) is 0 Å². The van der Waals surface area contributed by atoms with Gasteiger partial charge in [0.1, 0.15) is 5.76 Å². The van der Waals surface area contributed by atoms with E-state index in [2.05, 4.69) is 39.0 Å². The summed E-state index contributed by atoms with van der Waals surface area (Å²) in [6.45, 7) is 7.35. The Morgan fingerprint density at radius 2 is 1.94 bits per heavy atom. The number of morpholine rings is 1. The van der Waals surface area contributed by atoms with Crippen molar-refractivity contribution in [1.82, 2.24) is 14.6 Å². The predicted octanol–water partition coefficient (Wildman–Crippen LogP) is 5.00. The van der Waals surface area contributed by atoms with Gasteiger partial charge in [-0.05, 0) is 62.4 Å². The third-order valence-corrected chi connectivity index (χ3v) is 7.26. The molecule has 0 radical (unpaired) electrons. The Balaban J connectivity index is 1.58. The van der Waals surface area contributed by atoms with Crippen LogP contribution in [0, 0.1) is 19.8 Å². The number of aromatic nitrogens is 2. The van der Waals surface area contributed by atoms with Crippen LogP contribution in [0.2, 0.25) is 0 Å². The van der Waals surface area contributed by atoms with Gasteiger partial charge in [0.05, 0.1) is 24.4 Å². The number of aliphatic imine (C=N–C) groups is 1. The molecular weight excluding hydrogens is 440 g/mol. The lowest BCUT2D eigenvalue weighted by molar-refractivity contribution is 0.0303. The monoisotopic (exact) mass is 470 g/mol. The smallest absolute Gasteiger partial charge is 0.254 e. The van der Waals surface area contributed by atoms with Gasteiger partial charge < -0.3 is 18.7 Å². The SMILES string of the molecule is CN=Cc1cc(-c2c(C)noc2C)cc2c3ccc(C(=O)N4CCOCC4)cc3n(CC3CC3)c12. The lowest BCUT2D eigenvalue weighted by atomic mass is 9.98. The molecule has 1 saturated carbocycles. The fourth-order valence-corrected chi connectivity index (χ4v) is 5.37. The number of ether oxygens (including phenoxy) is 1. The van der Waals surface area contributed by atoms with E-state index in [9.17, 15) is 4.79 Å². The summed E-state index contributed by atoms with van der Waals surface area (Å²) in [5.41, 5.74) is 7.05. The van der Waals surface area contributed by atoms with Gasteiger partial charge >= 0.3 is 0 Å². The first-order chi connectivity index (χ1) is 17.0. The third kappa shape index (κ3) is 3.84. The maximum absolute atomic E-state index is 13.3. The van der Waals surface area contributed by atoms with Crippen molar-refractivity contribution in [3.8, 4) is 11.1 Å². The quantitative estimate of drug-likeness (QED) is 0.385. The molecule has 1 aliphatic carbocycles. The highest BCUT2D eigenvalue weighted by Crippen LogP contribution is 2.40. The van der Waals surface area contributed by atoms with E-state index < -0.39 is 0 Å². The molecule has 0 unspecified atom stereocenters. The second kappa shape index (κ2) is 8.64. The molecule has 1 amide bonds. The largest absolute Gasteiger partial charge is 0.378 e. The number of nitrogens with zero attached hydrogens (tertiary/aromatic N) is 4. The minimum atomic E-state index is 0.0742. The molecule has 2 aliphatic rings. The molecule has 4 aromatic rings. The van der Waals surface area contributed by atoms with Crippen LogP contribution < -0.4 is 0 Å². The van der Waals surface area contributed by atoms with Crippen LogP contribution in [-0.4, -0.2) is 60.1 Å². The molecule has 1 saturated heterocycles. The zero-order chi connectivity index (χ0) is 24.1. The average Bonchev–Trinajstić information content (AvgIpc) is 3.56. The lowest BCUT2D eigenvalue weighted by Gasteiger charge is -2.26. The molecule has 0 atom stereocenters. The van der Waals surface area contributed by atoms with E-state index in [0.29, 0.717) is 32.2 Å². The molecule has 0 N–H and O–H groups in total. The summed E-state index contributed by atoms with van der Waals surface area (Å²) in [6.07, 6.45) is 4.44. The van der Waals surface area contributed by atoms with Gasteiger partial charge in [0.2, 0.25) is 0 Å². The summed E-state index contributed by atoms with van der Waals surface area (Å²) >= 11 is 0. The van der Waals surface area contributed by atoms with Gasteiger partial charge in [0.15, 0.2) is 0 Å². The molecular formula is C28H30N4O3. The van der Waals surface area contributed by atoms with Crippen LogP contribution in [0.25, 0.3) is 32.9 Å². The van der Waals surface area contributed by atoms with Crippen molar-refractivity contribution in [1.29, 1.82) is 0 Å². The normalized spacial score (nSPS) is 16.7. The Kier molecular flexibility index (Phi) is 5.44. The van der Waals surface area contributed by atoms with Crippen molar-refractivity contribution in [3.05, 3.63) is 52.9 Å². The molecule has 35 heavy (non-hydrogen) atoms. The topological polar surface area (TPSA) is 72.9 Å². The molecule has 0 bridgehead atoms. The summed E-state index contributed by atoms with van der Waals surface area (Å²) in [6, 6.07) is 10.6. The Bertz CT molecular complexity index is 1450. The summed E-state index contributed by atoms with van der Waals surface area (Å²) in [7, 11) is 1.81. The zero-order valence-corrected chi connectivity index (χ0v) is 20.5. The number of carbonyl (C=O) groups excluding carboxylic acids is 1. The van der Waals surface area contributed by atoms with Gasteiger partial charge in [-0.1, -0.05) is 11.2 Å². The van der Waals surface area contributed by atoms with Crippen LogP contribution in [-0.2, 0) is 11.3 Å². The first kappa shape index (κ1) is 22.0. The van der Waals surface area contributed by atoms with Crippen molar-refractivity contribution in [3.63, 3.8) is 0 Å². The van der Waals surface area contributed by atoms with Crippen molar-refractivity contribution >= 4 is 33.9 Å². The number of hydrogen-bond acceptors (Lipinski definition) is 5. The summed E-state index contributed by atoms with van der Waals surface area (Å²) in [5, 5.41) is 6.49. The van der Waals surface area contributed by atoms with E-state index in [1.807, 2.05) is 31.0 Å². The van der Waals surface area contributed by atoms with Gasteiger partial charge in [-0.2, -0.15) is 0 Å². The molecule has 0 spiro atoms. The molecule has 180 valence electrons. The Labute approximate surface area is 204 Å². The molecule has 7 nitrogen and oxygen atoms in total. The number of carbonyl (C=O) groups is 1. The summed E-state index contributed by atoms with van der Waals surface area (Å²) in [5.74, 6) is 1.56. The van der Waals surface area contributed by atoms with Gasteiger partial charge in [-0.3, -0.25) is 9.79 Å². The second-order valence-corrected chi connectivity index (χ2v) is 9.74. The van der Waals surface area contributed by atoms with Gasteiger partial charge in [-0.15, -0.1) is 0 Å². The van der Waals surface area contributed by atoms with Crippen molar-refractivity contribution in [2.75, 3.05) is 33.4 Å². The van der Waals surface area contributed by atoms with Gasteiger partial charge in [0, 0.05) is 65.9 Å². The first-order valence-electron chi connectivity index (χ1n) is 12.4. The Morgan fingerprint density at radius 3 is 2.63 bits per heavy atom. The van der Waals surface area contributed by atoms with E-state index in [1.165, 1.54) is 23.7 Å². The first-order valence-corrected chi connectivity index (χ1v) is 12.4. The number of aryl methyl sites for hydroxylation is 2. The number of rotatable bonds is 5. The molecule has 2 aromatic carbocycles. The third-order valence-electron chi connectivity index (χ3n) is 7.26. The maximum Gasteiger partial charge on any atom is 0.254 e. The van der Waals surface area contributed by atoms with Crippen LogP contribution in [0.5, 0.6) is 0 Å². The van der Waals surface area contributed by atoms with E-state index >= 15 is 0 Å². The molecule has 2 fully saturated rings. The highest BCUT2D eigenvalue weighted by atomic mass is 16.5. The zero-order valence-electron chi connectivity index (χ0n) is 20.5. The molecule has 3 heterocycles. The highest BCUT2D eigenvalue weighted by Gasteiger charge is 2.26. The maximum atomic E-state index is 13.3. The van der Waals surface area contributed by atoms with E-state index in [4.69, 9.17) is 9.26 Å². The number of hydrogen-bond donors (Lipinski definition) is 0. The van der Waals surface area contributed by atoms with Crippen LogP contribution >= 0.6 is 0 Å². The minimum Gasteiger partial charge on any atom is -0.378 e. The molecule has 6 rings (SSSR count). The average molecular weight is 471 g/mol. The lowest BCUT2D eigenvalue weighted by Crippen LogP contribution is -2.40. The summed E-state index contributed by atoms with van der Waals surface area (Å²) < 4.78 is 13.3. The molecule has 1 aliphatic heterocycles. The van der Waals surface area contributed by atoms with Crippen LogP contribution in [0.3, 0.4) is 0 Å². The van der Waals surface area contributed by atoms with Gasteiger partial charge in [0.25, 0.3) is 5.91 Å². The Hall–Kier alpha value is -3.45. The van der Waals surface area contributed by atoms with Crippen LogP contribution in [0.1, 0.15) is 40.2 Å². The van der Waals surface area contributed by atoms with Crippen molar-refractivity contribution in [2.24, 2.45) is 10.9 Å². The minimum absolute atomic E-state index is 0.0742. The standard InChI is InChI=1S/C28H30N4O3/c1-17-26(18(2)35-30-17)21-12-22(15-29-3)27-24(13-21)23-7-6-20(28(33)31-8-10-34-11-9-31)14-25(23)32(27)16-19-4-5-19/h6-7,12-15,19H,4-5,8-11,16H2,1-3H3. The van der Waals surface area contributed by atoms with E-state index in [1.54, 1.807) is 7.05 Å². The van der Waals surface area contributed by atoms with Crippen LogP contribution in [0.4, 0.5) is 0 Å². The number of fused-ring (bicyclic) bond motifs is 3. The fraction of sp³-hybridized carbons (Fsp3) is 0.393. The highest BCUT2D eigenvalue weighted by molar-refractivity contribution is 6.15. The van der Waals surface area contributed by atoms with Crippen molar-refractivity contribution in [2.45, 2.75) is 33.2 Å². The Morgan fingerprint density at radius 1 is 1.14 bits per heavy atom. The number of amides is 1. The van der Waals surface area contributed by atoms with Crippen molar-refractivity contribution < 1.29 is 14.1 Å². The van der Waals surface area contributed by atoms with Crippen LogP contribution in [0.15, 0.2) is 39.8 Å². The van der Waals surface area contributed by atoms with E-state index in [-0.39, 0.29) is 5.91 Å². The van der Waals surface area contributed by atoms with E-state index in [0.717, 1.165) is 51.2 Å². The molecule has 2 aromatic heterocycles. The molecule has 7 heteroatoms. The fourth-order valence-electron chi connectivity index (χ4n) is 5.37. The second-order valence-electron chi connectivity index (χ2n) is 9.74.